The number of hydrogen-bond donors (Lipinski definition) is 0. The molecule has 80 valence electrons. The van der Waals surface area contributed by atoms with Crippen molar-refractivity contribution in [3.05, 3.63) is 27.8 Å². The molecule has 0 bridgehead atoms. The molecule has 0 spiro atoms. The summed E-state index contributed by atoms with van der Waals surface area (Å²) in [5.74, 6) is 0.237. The number of hydrogen-bond acceptors (Lipinski definition) is 1. The molecular formula is C12H14INO. The van der Waals surface area contributed by atoms with Crippen LogP contribution in [0, 0.1) is 8.99 Å². The van der Waals surface area contributed by atoms with Crippen molar-refractivity contribution in [2.45, 2.75) is 20.3 Å². The van der Waals surface area contributed by atoms with Crippen LogP contribution in [0.2, 0.25) is 0 Å². The Balaban J connectivity index is 2.25. The molecule has 3 heteroatoms. The van der Waals surface area contributed by atoms with E-state index in [1.807, 2.05) is 29.2 Å². The molecule has 1 amide bonds. The van der Waals surface area contributed by atoms with E-state index < -0.39 is 0 Å². The number of carbonyl (C=O) groups is 1. The van der Waals surface area contributed by atoms with Gasteiger partial charge in [-0.15, -0.1) is 0 Å². The van der Waals surface area contributed by atoms with Crippen LogP contribution >= 0.6 is 22.6 Å². The highest BCUT2D eigenvalue weighted by Crippen LogP contribution is 2.33. The molecule has 0 saturated carbocycles. The second kappa shape index (κ2) is 3.77. The highest BCUT2D eigenvalue weighted by atomic mass is 127. The summed E-state index contributed by atoms with van der Waals surface area (Å²) in [4.78, 5) is 13.7. The van der Waals surface area contributed by atoms with Crippen LogP contribution in [-0.4, -0.2) is 12.5 Å². The van der Waals surface area contributed by atoms with Crippen LogP contribution < -0.4 is 4.90 Å². The molecule has 1 aliphatic rings. The van der Waals surface area contributed by atoms with E-state index in [0.29, 0.717) is 6.42 Å². The molecule has 0 aliphatic carbocycles. The average molecular weight is 315 g/mol. The first kappa shape index (κ1) is 10.9. The molecule has 0 radical (unpaired) electrons. The van der Waals surface area contributed by atoms with Gasteiger partial charge in [0.15, 0.2) is 0 Å². The molecule has 0 aromatic heterocycles. The Morgan fingerprint density at radius 2 is 1.87 bits per heavy atom. The standard InChI is InChI=1S/C12H14INO/c1-12(2)7-11(15)14(8-12)10-5-3-9(13)4-6-10/h3-6H,7-8H2,1-2H3. The maximum Gasteiger partial charge on any atom is 0.227 e. The van der Waals surface area contributed by atoms with Gasteiger partial charge < -0.3 is 4.90 Å². The van der Waals surface area contributed by atoms with Gasteiger partial charge >= 0.3 is 0 Å². The minimum Gasteiger partial charge on any atom is -0.312 e. The van der Waals surface area contributed by atoms with Gasteiger partial charge in [0.2, 0.25) is 5.91 Å². The molecule has 1 aromatic carbocycles. The van der Waals surface area contributed by atoms with Crippen molar-refractivity contribution in [2.24, 2.45) is 5.41 Å². The largest absolute Gasteiger partial charge is 0.312 e. The van der Waals surface area contributed by atoms with Crippen LogP contribution in [0.3, 0.4) is 0 Å². The number of carbonyl (C=O) groups excluding carboxylic acids is 1. The smallest absolute Gasteiger partial charge is 0.227 e. The van der Waals surface area contributed by atoms with Gasteiger partial charge in [-0.3, -0.25) is 4.79 Å². The fraction of sp³-hybridized carbons (Fsp3) is 0.417. The quantitative estimate of drug-likeness (QED) is 0.730. The first-order valence-electron chi connectivity index (χ1n) is 5.04. The molecule has 1 heterocycles. The maximum absolute atomic E-state index is 11.8. The summed E-state index contributed by atoms with van der Waals surface area (Å²) in [5.41, 5.74) is 1.13. The minimum absolute atomic E-state index is 0.111. The van der Waals surface area contributed by atoms with E-state index in [1.165, 1.54) is 3.57 Å². The van der Waals surface area contributed by atoms with Gasteiger partial charge in [-0.2, -0.15) is 0 Å². The fourth-order valence-electron chi connectivity index (χ4n) is 1.93. The lowest BCUT2D eigenvalue weighted by Crippen LogP contribution is -2.25. The Bertz CT molecular complexity index is 383. The zero-order chi connectivity index (χ0) is 11.1. The topological polar surface area (TPSA) is 20.3 Å². The van der Waals surface area contributed by atoms with Gasteiger partial charge in [0.25, 0.3) is 0 Å². The molecule has 1 saturated heterocycles. The Morgan fingerprint density at radius 1 is 1.27 bits per heavy atom. The predicted molar refractivity (Wildman–Crippen MR) is 69.9 cm³/mol. The zero-order valence-electron chi connectivity index (χ0n) is 8.96. The first-order valence-corrected chi connectivity index (χ1v) is 6.12. The number of amides is 1. The van der Waals surface area contributed by atoms with Crippen molar-refractivity contribution < 1.29 is 4.79 Å². The number of halogens is 1. The van der Waals surface area contributed by atoms with Gasteiger partial charge in [0.05, 0.1) is 0 Å². The van der Waals surface area contributed by atoms with Crippen molar-refractivity contribution in [3.8, 4) is 0 Å². The second-order valence-electron chi connectivity index (χ2n) is 4.80. The summed E-state index contributed by atoms with van der Waals surface area (Å²) in [5, 5.41) is 0. The van der Waals surface area contributed by atoms with E-state index in [4.69, 9.17) is 0 Å². The first-order chi connectivity index (χ1) is 6.98. The molecule has 0 N–H and O–H groups in total. The molecule has 2 rings (SSSR count). The van der Waals surface area contributed by atoms with Crippen LogP contribution in [0.5, 0.6) is 0 Å². The van der Waals surface area contributed by atoms with Gasteiger partial charge in [-0.1, -0.05) is 13.8 Å². The molecule has 0 unspecified atom stereocenters. The lowest BCUT2D eigenvalue weighted by atomic mass is 9.93. The molecule has 0 atom stereocenters. The van der Waals surface area contributed by atoms with Crippen molar-refractivity contribution in [3.63, 3.8) is 0 Å². The number of benzene rings is 1. The summed E-state index contributed by atoms with van der Waals surface area (Å²) < 4.78 is 1.20. The fourth-order valence-corrected chi connectivity index (χ4v) is 2.29. The highest BCUT2D eigenvalue weighted by molar-refractivity contribution is 14.1. The van der Waals surface area contributed by atoms with Crippen LogP contribution in [-0.2, 0) is 4.79 Å². The third kappa shape index (κ3) is 2.33. The molecule has 15 heavy (non-hydrogen) atoms. The van der Waals surface area contributed by atoms with Crippen LogP contribution in [0.1, 0.15) is 20.3 Å². The molecular weight excluding hydrogens is 301 g/mol. The van der Waals surface area contributed by atoms with Crippen molar-refractivity contribution in [1.29, 1.82) is 0 Å². The van der Waals surface area contributed by atoms with Gasteiger partial charge in [-0.05, 0) is 52.3 Å². The van der Waals surface area contributed by atoms with Crippen LogP contribution in [0.25, 0.3) is 0 Å². The van der Waals surface area contributed by atoms with E-state index in [0.717, 1.165) is 12.2 Å². The van der Waals surface area contributed by atoms with Crippen molar-refractivity contribution >= 4 is 34.2 Å². The van der Waals surface area contributed by atoms with Gasteiger partial charge in [0.1, 0.15) is 0 Å². The van der Waals surface area contributed by atoms with E-state index in [-0.39, 0.29) is 11.3 Å². The average Bonchev–Trinajstić information content (AvgIpc) is 2.41. The highest BCUT2D eigenvalue weighted by Gasteiger charge is 2.36. The van der Waals surface area contributed by atoms with E-state index in [2.05, 4.69) is 36.4 Å². The van der Waals surface area contributed by atoms with E-state index >= 15 is 0 Å². The Morgan fingerprint density at radius 3 is 2.33 bits per heavy atom. The van der Waals surface area contributed by atoms with Crippen LogP contribution in [0.4, 0.5) is 5.69 Å². The minimum atomic E-state index is 0.111. The third-order valence-corrected chi connectivity index (χ3v) is 3.37. The SMILES string of the molecule is CC1(C)CC(=O)N(c2ccc(I)cc2)C1. The summed E-state index contributed by atoms with van der Waals surface area (Å²) in [6.07, 6.45) is 0.652. The number of rotatable bonds is 1. The summed E-state index contributed by atoms with van der Waals surface area (Å²) in [6.45, 7) is 5.10. The van der Waals surface area contributed by atoms with Crippen molar-refractivity contribution in [1.82, 2.24) is 0 Å². The molecule has 1 aliphatic heterocycles. The zero-order valence-corrected chi connectivity index (χ0v) is 11.1. The normalized spacial score (nSPS) is 19.7. The summed E-state index contributed by atoms with van der Waals surface area (Å²) in [6, 6.07) is 8.10. The molecule has 2 nitrogen and oxygen atoms in total. The van der Waals surface area contributed by atoms with Crippen LogP contribution in [0.15, 0.2) is 24.3 Å². The monoisotopic (exact) mass is 315 g/mol. The lowest BCUT2D eigenvalue weighted by molar-refractivity contribution is -0.117. The Labute approximate surface area is 104 Å². The predicted octanol–water partition coefficient (Wildman–Crippen LogP) is 3.05. The second-order valence-corrected chi connectivity index (χ2v) is 6.04. The maximum atomic E-state index is 11.8. The summed E-state index contributed by atoms with van der Waals surface area (Å²) >= 11 is 2.27. The van der Waals surface area contributed by atoms with Gasteiger partial charge in [0, 0.05) is 22.2 Å². The Kier molecular flexibility index (Phi) is 2.75. The van der Waals surface area contributed by atoms with Crippen molar-refractivity contribution in [2.75, 3.05) is 11.4 Å². The lowest BCUT2D eigenvalue weighted by Gasteiger charge is -2.19. The van der Waals surface area contributed by atoms with E-state index in [9.17, 15) is 4.79 Å². The number of nitrogens with zero attached hydrogens (tertiary/aromatic N) is 1. The summed E-state index contributed by atoms with van der Waals surface area (Å²) in [7, 11) is 0. The van der Waals surface area contributed by atoms with Gasteiger partial charge in [-0.25, -0.2) is 0 Å². The Hall–Kier alpha value is -0.580. The molecule has 1 fully saturated rings. The third-order valence-electron chi connectivity index (χ3n) is 2.66. The van der Waals surface area contributed by atoms with E-state index in [1.54, 1.807) is 0 Å². The molecule has 1 aromatic rings. The number of anilines is 1.